The molecule has 1 rings (SSSR count). The summed E-state index contributed by atoms with van der Waals surface area (Å²) in [7, 11) is 5.13. The van der Waals surface area contributed by atoms with E-state index in [2.05, 4.69) is 0 Å². The number of halogens is 2. The molecule has 3 heteroatoms. The Hall–Kier alpha value is -1.30. The van der Waals surface area contributed by atoms with Crippen molar-refractivity contribution in [2.24, 2.45) is 0 Å². The molecule has 2 radical (unpaired) electrons. The van der Waals surface area contributed by atoms with Gasteiger partial charge in [0.25, 0.3) is 0 Å². The van der Waals surface area contributed by atoms with Crippen molar-refractivity contribution in [3.63, 3.8) is 0 Å². The molecule has 1 aromatic rings. The summed E-state index contributed by atoms with van der Waals surface area (Å²) in [6.07, 6.45) is 4.90. The van der Waals surface area contributed by atoms with Crippen molar-refractivity contribution in [1.29, 1.82) is 0 Å². The van der Waals surface area contributed by atoms with E-state index in [0.29, 0.717) is 6.07 Å². The minimum absolute atomic E-state index is 0.0242. The molecule has 0 amide bonds. The maximum atomic E-state index is 12.6. The molecule has 0 fully saturated rings. The smallest absolute Gasteiger partial charge is 0.141 e. The second-order valence-electron chi connectivity index (χ2n) is 2.00. The first kappa shape index (κ1) is 7.81. The first-order valence-corrected chi connectivity index (χ1v) is 2.86. The summed E-state index contributed by atoms with van der Waals surface area (Å²) in [6, 6.07) is 1.76. The van der Waals surface area contributed by atoms with Crippen LogP contribution in [0.3, 0.4) is 0 Å². The van der Waals surface area contributed by atoms with Gasteiger partial charge in [-0.05, 0) is 6.07 Å². The Bertz CT molecular complexity index is 326. The molecule has 0 spiro atoms. The summed E-state index contributed by atoms with van der Waals surface area (Å²) in [5.41, 5.74) is -0.164. The van der Waals surface area contributed by atoms with Crippen LogP contribution in [-0.4, -0.2) is 7.85 Å². The summed E-state index contributed by atoms with van der Waals surface area (Å²) in [5, 5.41) is 0. The average molecular weight is 148 g/mol. The molecule has 0 atom stereocenters. The lowest BCUT2D eigenvalue weighted by Gasteiger charge is -1.98. The maximum absolute atomic E-state index is 12.6. The summed E-state index contributed by atoms with van der Waals surface area (Å²) in [5.74, 6) is 0.487. The van der Waals surface area contributed by atoms with E-state index in [4.69, 9.17) is 14.3 Å². The molecule has 0 unspecified atom stereocenters. The monoisotopic (exact) mass is 148 g/mol. The fraction of sp³-hybridized carbons (Fsp3) is 0. The Morgan fingerprint density at radius 1 is 1.27 bits per heavy atom. The Morgan fingerprint density at radius 2 is 1.91 bits per heavy atom. The van der Waals surface area contributed by atoms with Gasteiger partial charge in [0.05, 0.1) is 5.56 Å². The van der Waals surface area contributed by atoms with Gasteiger partial charge < -0.3 is 0 Å². The van der Waals surface area contributed by atoms with Gasteiger partial charge in [0.15, 0.2) is 0 Å². The van der Waals surface area contributed by atoms with Crippen LogP contribution in [0.2, 0.25) is 0 Å². The van der Waals surface area contributed by atoms with E-state index in [1.165, 1.54) is 0 Å². The van der Waals surface area contributed by atoms with Crippen molar-refractivity contribution in [2.45, 2.75) is 0 Å². The Balaban J connectivity index is 3.35. The minimum Gasteiger partial charge on any atom is -0.208 e. The molecule has 0 aliphatic heterocycles. The standard InChI is InChI=1S/C8H3BF2/c1-2-5-3-6(9)8(11)4-7(5)10/h1,3-4H. The topological polar surface area (TPSA) is 0 Å². The highest BCUT2D eigenvalue weighted by molar-refractivity contribution is 6.32. The zero-order valence-electron chi connectivity index (χ0n) is 5.57. The molecule has 0 saturated heterocycles. The Morgan fingerprint density at radius 3 is 2.45 bits per heavy atom. The summed E-state index contributed by atoms with van der Waals surface area (Å²) < 4.78 is 25.1. The molecule has 0 aliphatic carbocycles. The van der Waals surface area contributed by atoms with Gasteiger partial charge in [0.1, 0.15) is 19.5 Å². The molecule has 11 heavy (non-hydrogen) atoms. The third kappa shape index (κ3) is 1.40. The van der Waals surface area contributed by atoms with Crippen LogP contribution in [-0.2, 0) is 0 Å². The second kappa shape index (κ2) is 2.75. The van der Waals surface area contributed by atoms with Gasteiger partial charge in [0.2, 0.25) is 0 Å². The van der Waals surface area contributed by atoms with Crippen LogP contribution in [0, 0.1) is 24.0 Å². The van der Waals surface area contributed by atoms with Crippen LogP contribution in [0.25, 0.3) is 0 Å². The SMILES string of the molecule is [B]c1cc(C#C)c(F)cc1F. The van der Waals surface area contributed by atoms with E-state index in [1.807, 2.05) is 5.92 Å². The van der Waals surface area contributed by atoms with Crippen LogP contribution in [0.1, 0.15) is 5.56 Å². The first-order chi connectivity index (χ1) is 5.15. The van der Waals surface area contributed by atoms with E-state index in [9.17, 15) is 8.78 Å². The van der Waals surface area contributed by atoms with Gasteiger partial charge >= 0.3 is 0 Å². The summed E-state index contributed by atoms with van der Waals surface area (Å²) >= 11 is 0. The third-order valence-electron chi connectivity index (χ3n) is 1.24. The quantitative estimate of drug-likeness (QED) is 0.376. The zero-order chi connectivity index (χ0) is 8.43. The highest BCUT2D eigenvalue weighted by Gasteiger charge is 2.03. The van der Waals surface area contributed by atoms with E-state index >= 15 is 0 Å². The molecule has 0 nitrogen and oxygen atoms in total. The maximum Gasteiger partial charge on any atom is 0.141 e. The van der Waals surface area contributed by atoms with Crippen molar-refractivity contribution < 1.29 is 8.78 Å². The molecule has 0 N–H and O–H groups in total. The fourth-order valence-corrected chi connectivity index (χ4v) is 0.676. The van der Waals surface area contributed by atoms with Gasteiger partial charge in [0, 0.05) is 6.07 Å². The highest BCUT2D eigenvalue weighted by Crippen LogP contribution is 2.04. The normalized spacial score (nSPS) is 9.18. The lowest BCUT2D eigenvalue weighted by Crippen LogP contribution is -2.09. The van der Waals surface area contributed by atoms with Crippen molar-refractivity contribution in [3.05, 3.63) is 29.3 Å². The molecular weight excluding hydrogens is 145 g/mol. The lowest BCUT2D eigenvalue weighted by atomic mass is 9.93. The van der Waals surface area contributed by atoms with E-state index in [1.54, 1.807) is 0 Å². The molecule has 0 aliphatic rings. The van der Waals surface area contributed by atoms with Crippen LogP contribution >= 0.6 is 0 Å². The molecule has 1 aromatic carbocycles. The molecule has 52 valence electrons. The van der Waals surface area contributed by atoms with E-state index < -0.39 is 11.6 Å². The predicted octanol–water partition coefficient (Wildman–Crippen LogP) is 0.740. The third-order valence-corrected chi connectivity index (χ3v) is 1.24. The van der Waals surface area contributed by atoms with Crippen molar-refractivity contribution in [1.82, 2.24) is 0 Å². The molecule has 0 bridgehead atoms. The molecular formula is C8H3BF2. The van der Waals surface area contributed by atoms with Gasteiger partial charge in [-0.2, -0.15) is 0 Å². The van der Waals surface area contributed by atoms with Crippen LogP contribution < -0.4 is 5.46 Å². The van der Waals surface area contributed by atoms with Crippen LogP contribution in [0.5, 0.6) is 0 Å². The number of terminal acetylenes is 1. The number of hydrogen-bond acceptors (Lipinski definition) is 0. The number of benzene rings is 1. The zero-order valence-corrected chi connectivity index (χ0v) is 5.57. The van der Waals surface area contributed by atoms with Gasteiger partial charge in [-0.1, -0.05) is 11.4 Å². The molecule has 0 heterocycles. The van der Waals surface area contributed by atoms with Crippen LogP contribution in [0.15, 0.2) is 12.1 Å². The summed E-state index contributed by atoms with van der Waals surface area (Å²) in [6.45, 7) is 0. The number of rotatable bonds is 0. The van der Waals surface area contributed by atoms with Crippen molar-refractivity contribution in [3.8, 4) is 12.3 Å². The highest BCUT2D eigenvalue weighted by atomic mass is 19.1. The molecule has 0 saturated carbocycles. The van der Waals surface area contributed by atoms with Crippen LogP contribution in [0.4, 0.5) is 8.78 Å². The Kier molecular flexibility index (Phi) is 1.95. The number of hydrogen-bond donors (Lipinski definition) is 0. The lowest BCUT2D eigenvalue weighted by molar-refractivity contribution is 0.586. The average Bonchev–Trinajstić information content (AvgIpc) is 1.97. The Labute approximate surface area is 64.6 Å². The minimum atomic E-state index is -0.790. The van der Waals surface area contributed by atoms with Gasteiger partial charge in [-0.25, -0.2) is 8.78 Å². The van der Waals surface area contributed by atoms with Gasteiger partial charge in [-0.3, -0.25) is 0 Å². The molecule has 0 aromatic heterocycles. The van der Waals surface area contributed by atoms with E-state index in [-0.39, 0.29) is 11.0 Å². The summed E-state index contributed by atoms with van der Waals surface area (Å²) in [4.78, 5) is 0. The van der Waals surface area contributed by atoms with Crippen molar-refractivity contribution in [2.75, 3.05) is 0 Å². The first-order valence-electron chi connectivity index (χ1n) is 2.86. The predicted molar refractivity (Wildman–Crippen MR) is 39.7 cm³/mol. The van der Waals surface area contributed by atoms with Crippen molar-refractivity contribution >= 4 is 13.3 Å². The fourth-order valence-electron chi connectivity index (χ4n) is 0.676. The second-order valence-corrected chi connectivity index (χ2v) is 2.00. The largest absolute Gasteiger partial charge is 0.208 e. The van der Waals surface area contributed by atoms with Gasteiger partial charge in [-0.15, -0.1) is 6.42 Å². The van der Waals surface area contributed by atoms with E-state index in [0.717, 1.165) is 6.07 Å².